The third-order valence-electron chi connectivity index (χ3n) is 3.78. The number of carbonyl (C=O) groups excluding carboxylic acids is 1. The predicted octanol–water partition coefficient (Wildman–Crippen LogP) is 2.25. The first kappa shape index (κ1) is 16.2. The zero-order valence-corrected chi connectivity index (χ0v) is 12.5. The van der Waals surface area contributed by atoms with Gasteiger partial charge in [-0.1, -0.05) is 18.2 Å². The SMILES string of the molecule is C=CCN(Cc1cccc([N+](=O)[O-])c1)C(=O)CC1CCCN1. The van der Waals surface area contributed by atoms with Crippen LogP contribution in [0.5, 0.6) is 0 Å². The number of rotatable bonds is 7. The molecule has 118 valence electrons. The highest BCUT2D eigenvalue weighted by Gasteiger charge is 2.21. The van der Waals surface area contributed by atoms with Crippen LogP contribution in [0.1, 0.15) is 24.8 Å². The summed E-state index contributed by atoms with van der Waals surface area (Å²) in [5.74, 6) is 0.0470. The fourth-order valence-corrected chi connectivity index (χ4v) is 2.67. The van der Waals surface area contributed by atoms with Crippen molar-refractivity contribution in [2.24, 2.45) is 0 Å². The van der Waals surface area contributed by atoms with Gasteiger partial charge in [-0.2, -0.15) is 0 Å². The van der Waals surface area contributed by atoms with Gasteiger partial charge in [0.15, 0.2) is 0 Å². The number of amides is 1. The highest BCUT2D eigenvalue weighted by atomic mass is 16.6. The van der Waals surface area contributed by atoms with Crippen LogP contribution in [0, 0.1) is 10.1 Å². The molecule has 1 aliphatic rings. The highest BCUT2D eigenvalue weighted by molar-refractivity contribution is 5.77. The van der Waals surface area contributed by atoms with Gasteiger partial charge in [0.25, 0.3) is 5.69 Å². The highest BCUT2D eigenvalue weighted by Crippen LogP contribution is 2.16. The normalized spacial score (nSPS) is 17.2. The van der Waals surface area contributed by atoms with Crippen LogP contribution in [0.3, 0.4) is 0 Å². The number of nitrogens with zero attached hydrogens (tertiary/aromatic N) is 2. The second kappa shape index (κ2) is 7.70. The van der Waals surface area contributed by atoms with Crippen LogP contribution >= 0.6 is 0 Å². The summed E-state index contributed by atoms with van der Waals surface area (Å²) in [5.41, 5.74) is 0.796. The first-order valence-corrected chi connectivity index (χ1v) is 7.45. The van der Waals surface area contributed by atoms with Crippen molar-refractivity contribution in [1.82, 2.24) is 10.2 Å². The molecule has 22 heavy (non-hydrogen) atoms. The second-order valence-electron chi connectivity index (χ2n) is 5.49. The van der Waals surface area contributed by atoms with Crippen molar-refractivity contribution < 1.29 is 9.72 Å². The lowest BCUT2D eigenvalue weighted by atomic mass is 10.1. The first-order chi connectivity index (χ1) is 10.6. The maximum absolute atomic E-state index is 12.4. The molecule has 1 aromatic carbocycles. The van der Waals surface area contributed by atoms with E-state index in [-0.39, 0.29) is 17.6 Å². The van der Waals surface area contributed by atoms with Crippen LogP contribution in [0.15, 0.2) is 36.9 Å². The molecule has 1 fully saturated rings. The smallest absolute Gasteiger partial charge is 0.269 e. The van der Waals surface area contributed by atoms with Crippen molar-refractivity contribution in [3.05, 3.63) is 52.6 Å². The Morgan fingerprint density at radius 3 is 3.00 bits per heavy atom. The van der Waals surface area contributed by atoms with Crippen molar-refractivity contribution in [2.45, 2.75) is 31.8 Å². The Hall–Kier alpha value is -2.21. The summed E-state index contributed by atoms with van der Waals surface area (Å²) >= 11 is 0. The van der Waals surface area contributed by atoms with E-state index in [4.69, 9.17) is 0 Å². The van der Waals surface area contributed by atoms with Crippen molar-refractivity contribution in [3.63, 3.8) is 0 Å². The molecular formula is C16H21N3O3. The summed E-state index contributed by atoms with van der Waals surface area (Å²) < 4.78 is 0. The van der Waals surface area contributed by atoms with E-state index in [1.807, 2.05) is 0 Å². The summed E-state index contributed by atoms with van der Waals surface area (Å²) in [5, 5.41) is 14.1. The lowest BCUT2D eigenvalue weighted by Crippen LogP contribution is -2.35. The quantitative estimate of drug-likeness (QED) is 0.476. The van der Waals surface area contributed by atoms with Gasteiger partial charge in [-0.15, -0.1) is 6.58 Å². The van der Waals surface area contributed by atoms with E-state index in [2.05, 4.69) is 11.9 Å². The van der Waals surface area contributed by atoms with Crippen LogP contribution < -0.4 is 5.32 Å². The summed E-state index contributed by atoms with van der Waals surface area (Å²) in [6.45, 7) is 5.45. The summed E-state index contributed by atoms with van der Waals surface area (Å²) in [4.78, 5) is 24.5. The molecule has 0 radical (unpaired) electrons. The molecule has 1 N–H and O–H groups in total. The van der Waals surface area contributed by atoms with E-state index < -0.39 is 4.92 Å². The predicted molar refractivity (Wildman–Crippen MR) is 84.4 cm³/mol. The number of hydrogen-bond acceptors (Lipinski definition) is 4. The molecule has 2 rings (SSSR count). The maximum atomic E-state index is 12.4. The van der Waals surface area contributed by atoms with Gasteiger partial charge in [0.05, 0.1) is 4.92 Å². The Kier molecular flexibility index (Phi) is 5.66. The average molecular weight is 303 g/mol. The minimum atomic E-state index is -0.425. The summed E-state index contributed by atoms with van der Waals surface area (Å²) in [6, 6.07) is 6.64. The Labute approximate surface area is 130 Å². The zero-order chi connectivity index (χ0) is 15.9. The maximum Gasteiger partial charge on any atom is 0.269 e. The fraction of sp³-hybridized carbons (Fsp3) is 0.438. The van der Waals surface area contributed by atoms with Crippen molar-refractivity contribution >= 4 is 11.6 Å². The van der Waals surface area contributed by atoms with Crippen LogP contribution in [-0.4, -0.2) is 34.9 Å². The van der Waals surface area contributed by atoms with Crippen LogP contribution in [-0.2, 0) is 11.3 Å². The molecule has 0 saturated carbocycles. The average Bonchev–Trinajstić information content (AvgIpc) is 3.00. The number of nitro benzene ring substituents is 1. The van der Waals surface area contributed by atoms with Gasteiger partial charge in [-0.25, -0.2) is 0 Å². The number of nitro groups is 1. The van der Waals surface area contributed by atoms with Crippen LogP contribution in [0.2, 0.25) is 0 Å². The number of nitrogens with one attached hydrogen (secondary N) is 1. The molecule has 1 atom stereocenters. The van der Waals surface area contributed by atoms with E-state index in [1.165, 1.54) is 12.1 Å². The number of benzene rings is 1. The Morgan fingerprint density at radius 1 is 1.55 bits per heavy atom. The summed E-state index contributed by atoms with van der Waals surface area (Å²) in [7, 11) is 0. The van der Waals surface area contributed by atoms with Gasteiger partial charge in [-0.05, 0) is 24.9 Å². The number of hydrogen-bond donors (Lipinski definition) is 1. The molecule has 1 aromatic rings. The second-order valence-corrected chi connectivity index (χ2v) is 5.49. The molecule has 6 nitrogen and oxygen atoms in total. The van der Waals surface area contributed by atoms with Crippen molar-refractivity contribution in [1.29, 1.82) is 0 Å². The van der Waals surface area contributed by atoms with Gasteiger partial charge in [0, 0.05) is 37.7 Å². The molecule has 6 heteroatoms. The molecule has 0 spiro atoms. The Bertz CT molecular complexity index is 553. The van der Waals surface area contributed by atoms with Crippen molar-refractivity contribution in [2.75, 3.05) is 13.1 Å². The fourth-order valence-electron chi connectivity index (χ4n) is 2.67. The van der Waals surface area contributed by atoms with Crippen LogP contribution in [0.4, 0.5) is 5.69 Å². The van der Waals surface area contributed by atoms with E-state index in [0.29, 0.717) is 19.5 Å². The van der Waals surface area contributed by atoms with Gasteiger partial charge in [0.2, 0.25) is 5.91 Å². The Balaban J connectivity index is 2.03. The third kappa shape index (κ3) is 4.39. The molecule has 0 bridgehead atoms. The standard InChI is InChI=1S/C16H21N3O3/c1-2-9-18(16(20)11-14-6-4-8-17-14)12-13-5-3-7-15(10-13)19(21)22/h2-3,5,7,10,14,17H,1,4,6,8-9,11-12H2. The monoisotopic (exact) mass is 303 g/mol. The number of carbonyl (C=O) groups is 1. The third-order valence-corrected chi connectivity index (χ3v) is 3.78. The van der Waals surface area contributed by atoms with E-state index >= 15 is 0 Å². The molecule has 1 saturated heterocycles. The molecule has 0 aliphatic carbocycles. The molecule has 0 aromatic heterocycles. The molecule has 1 heterocycles. The van der Waals surface area contributed by atoms with Crippen LogP contribution in [0.25, 0.3) is 0 Å². The molecular weight excluding hydrogens is 282 g/mol. The van der Waals surface area contributed by atoms with Crippen molar-refractivity contribution in [3.8, 4) is 0 Å². The summed E-state index contributed by atoms with van der Waals surface area (Å²) in [6.07, 6.45) is 4.26. The minimum absolute atomic E-state index is 0.0426. The topological polar surface area (TPSA) is 75.5 Å². The van der Waals surface area contributed by atoms with E-state index in [9.17, 15) is 14.9 Å². The van der Waals surface area contributed by atoms with Gasteiger partial charge in [-0.3, -0.25) is 14.9 Å². The molecule has 1 unspecified atom stereocenters. The number of non-ortho nitro benzene ring substituents is 1. The molecule has 1 amide bonds. The Morgan fingerprint density at radius 2 is 2.36 bits per heavy atom. The van der Waals surface area contributed by atoms with E-state index in [1.54, 1.807) is 23.1 Å². The van der Waals surface area contributed by atoms with Gasteiger partial charge < -0.3 is 10.2 Å². The van der Waals surface area contributed by atoms with E-state index in [0.717, 1.165) is 24.9 Å². The van der Waals surface area contributed by atoms with Gasteiger partial charge >= 0.3 is 0 Å². The lowest BCUT2D eigenvalue weighted by Gasteiger charge is -2.23. The zero-order valence-electron chi connectivity index (χ0n) is 12.5. The first-order valence-electron chi connectivity index (χ1n) is 7.45. The largest absolute Gasteiger partial charge is 0.335 e. The lowest BCUT2D eigenvalue weighted by molar-refractivity contribution is -0.384. The van der Waals surface area contributed by atoms with Gasteiger partial charge in [0.1, 0.15) is 0 Å². The minimum Gasteiger partial charge on any atom is -0.335 e. The molecule has 1 aliphatic heterocycles.